The Morgan fingerprint density at radius 3 is 2.21 bits per heavy atom. The molecular weight excluding hydrogens is 409 g/mol. The summed E-state index contributed by atoms with van der Waals surface area (Å²) in [6, 6.07) is 8.72. The maximum atomic E-state index is 12.8. The molecule has 7 heteroatoms. The lowest BCUT2D eigenvalue weighted by molar-refractivity contribution is -0.136. The number of carbonyl (C=O) groups is 1. The summed E-state index contributed by atoms with van der Waals surface area (Å²) in [6.45, 7) is 6.31. The molecule has 0 bridgehead atoms. The minimum atomic E-state index is -0.382. The Bertz CT molecular complexity index is 579. The number of amides is 1. The van der Waals surface area contributed by atoms with Crippen LogP contribution in [-0.4, -0.2) is 50.7 Å². The molecule has 166 valence electrons. The maximum Gasteiger partial charge on any atom is 0.228 e. The van der Waals surface area contributed by atoms with Crippen molar-refractivity contribution in [3.8, 4) is 0 Å². The average molecular weight is 446 g/mol. The van der Waals surface area contributed by atoms with Gasteiger partial charge in [0.1, 0.15) is 0 Å². The molecule has 1 aromatic carbocycles. The summed E-state index contributed by atoms with van der Waals surface area (Å²) in [5.74, 6) is 0.125. The fourth-order valence-electron chi connectivity index (χ4n) is 4.30. The summed E-state index contributed by atoms with van der Waals surface area (Å²) >= 11 is 0. The summed E-state index contributed by atoms with van der Waals surface area (Å²) in [5, 5.41) is 6.48. The molecule has 0 aliphatic carbocycles. The Hall–Kier alpha value is -0.850. The predicted octanol–water partition coefficient (Wildman–Crippen LogP) is 3.54. The van der Waals surface area contributed by atoms with Gasteiger partial charge in [0.25, 0.3) is 0 Å². The zero-order chi connectivity index (χ0) is 19.0. The molecule has 0 radical (unpaired) electrons. The standard InChI is InChI=1S/C22H35N3O2.2ClH/c1-27-18-22(10-12-23-13-11-22)21(26)24-16-19-6-8-20(9-7-19)17-25-14-4-2-3-5-15-25;;/h6-9,23H,2-5,10-18H2,1H3,(H,24,26);2*1H. The van der Waals surface area contributed by atoms with Gasteiger partial charge in [0.2, 0.25) is 5.91 Å². The molecule has 2 fully saturated rings. The molecule has 1 aromatic rings. The third kappa shape index (κ3) is 7.72. The zero-order valence-electron chi connectivity index (χ0n) is 17.6. The zero-order valence-corrected chi connectivity index (χ0v) is 19.2. The highest BCUT2D eigenvalue weighted by atomic mass is 35.5. The first kappa shape index (κ1) is 26.2. The summed E-state index contributed by atoms with van der Waals surface area (Å²) in [6.07, 6.45) is 7.06. The van der Waals surface area contributed by atoms with Gasteiger partial charge in [-0.05, 0) is 63.0 Å². The van der Waals surface area contributed by atoms with Gasteiger partial charge in [-0.3, -0.25) is 9.69 Å². The highest BCUT2D eigenvalue weighted by Gasteiger charge is 2.39. The molecular formula is C22H37Cl2N3O2. The van der Waals surface area contributed by atoms with Crippen molar-refractivity contribution in [3.63, 3.8) is 0 Å². The smallest absolute Gasteiger partial charge is 0.228 e. The highest BCUT2D eigenvalue weighted by Crippen LogP contribution is 2.29. The average Bonchev–Trinajstić information content (AvgIpc) is 2.97. The lowest BCUT2D eigenvalue weighted by Gasteiger charge is -2.35. The van der Waals surface area contributed by atoms with Crippen molar-refractivity contribution >= 4 is 30.7 Å². The van der Waals surface area contributed by atoms with Gasteiger partial charge in [0.15, 0.2) is 0 Å². The number of halogens is 2. The number of hydrogen-bond acceptors (Lipinski definition) is 4. The maximum absolute atomic E-state index is 12.8. The molecule has 0 unspecified atom stereocenters. The van der Waals surface area contributed by atoms with Crippen molar-refractivity contribution < 1.29 is 9.53 Å². The van der Waals surface area contributed by atoms with Crippen LogP contribution in [0.1, 0.15) is 49.7 Å². The number of piperidine rings is 1. The van der Waals surface area contributed by atoms with Gasteiger partial charge < -0.3 is 15.4 Å². The fourth-order valence-corrected chi connectivity index (χ4v) is 4.30. The second-order valence-corrected chi connectivity index (χ2v) is 8.15. The minimum absolute atomic E-state index is 0. The molecule has 0 atom stereocenters. The van der Waals surface area contributed by atoms with Crippen molar-refractivity contribution in [2.45, 2.75) is 51.6 Å². The number of benzene rings is 1. The number of carbonyl (C=O) groups excluding carboxylic acids is 1. The monoisotopic (exact) mass is 445 g/mol. The van der Waals surface area contributed by atoms with E-state index in [0.717, 1.165) is 38.0 Å². The molecule has 29 heavy (non-hydrogen) atoms. The van der Waals surface area contributed by atoms with E-state index in [4.69, 9.17) is 4.74 Å². The number of nitrogens with one attached hydrogen (secondary N) is 2. The van der Waals surface area contributed by atoms with Crippen LogP contribution in [-0.2, 0) is 22.6 Å². The number of likely N-dealkylation sites (tertiary alicyclic amines) is 1. The third-order valence-corrected chi connectivity index (χ3v) is 6.04. The van der Waals surface area contributed by atoms with E-state index >= 15 is 0 Å². The van der Waals surface area contributed by atoms with Crippen molar-refractivity contribution in [2.24, 2.45) is 5.41 Å². The summed E-state index contributed by atoms with van der Waals surface area (Å²) in [5.41, 5.74) is 2.14. The van der Waals surface area contributed by atoms with E-state index in [0.29, 0.717) is 13.2 Å². The summed E-state index contributed by atoms with van der Waals surface area (Å²) in [4.78, 5) is 15.4. The van der Waals surface area contributed by atoms with Gasteiger partial charge >= 0.3 is 0 Å². The molecule has 2 saturated heterocycles. The largest absolute Gasteiger partial charge is 0.384 e. The predicted molar refractivity (Wildman–Crippen MR) is 123 cm³/mol. The van der Waals surface area contributed by atoms with Crippen LogP contribution < -0.4 is 10.6 Å². The van der Waals surface area contributed by atoms with E-state index in [1.165, 1.54) is 44.3 Å². The fraction of sp³-hybridized carbons (Fsp3) is 0.682. The number of nitrogens with zero attached hydrogens (tertiary/aromatic N) is 1. The van der Waals surface area contributed by atoms with E-state index in [1.54, 1.807) is 7.11 Å². The van der Waals surface area contributed by atoms with Crippen LogP contribution in [0, 0.1) is 5.41 Å². The first-order chi connectivity index (χ1) is 13.2. The first-order valence-corrected chi connectivity index (χ1v) is 10.5. The highest BCUT2D eigenvalue weighted by molar-refractivity contribution is 5.85. The van der Waals surface area contributed by atoms with Gasteiger partial charge in [-0.2, -0.15) is 0 Å². The number of rotatable bonds is 7. The van der Waals surface area contributed by atoms with Gasteiger partial charge in [-0.15, -0.1) is 24.8 Å². The van der Waals surface area contributed by atoms with Crippen LogP contribution >= 0.6 is 24.8 Å². The lowest BCUT2D eigenvalue weighted by Crippen LogP contribution is -2.49. The number of hydrogen-bond donors (Lipinski definition) is 2. The molecule has 2 aliphatic rings. The molecule has 2 heterocycles. The Balaban J connectivity index is 0.00000210. The molecule has 0 aromatic heterocycles. The van der Waals surface area contributed by atoms with Crippen LogP contribution in [0.15, 0.2) is 24.3 Å². The quantitative estimate of drug-likeness (QED) is 0.673. The molecule has 0 spiro atoms. The first-order valence-electron chi connectivity index (χ1n) is 10.5. The lowest BCUT2D eigenvalue weighted by atomic mass is 9.78. The second kappa shape index (κ2) is 13.5. The van der Waals surface area contributed by atoms with Crippen molar-refractivity contribution in [1.82, 2.24) is 15.5 Å². The summed E-state index contributed by atoms with van der Waals surface area (Å²) < 4.78 is 5.36. The third-order valence-electron chi connectivity index (χ3n) is 6.04. The van der Waals surface area contributed by atoms with Crippen LogP contribution in [0.3, 0.4) is 0 Å². The van der Waals surface area contributed by atoms with Gasteiger partial charge in [-0.1, -0.05) is 37.1 Å². The van der Waals surface area contributed by atoms with E-state index in [-0.39, 0.29) is 36.1 Å². The number of ether oxygens (including phenoxy) is 1. The molecule has 0 saturated carbocycles. The minimum Gasteiger partial charge on any atom is -0.384 e. The van der Waals surface area contributed by atoms with Crippen LogP contribution in [0.25, 0.3) is 0 Å². The molecule has 3 rings (SSSR count). The Morgan fingerprint density at radius 2 is 1.62 bits per heavy atom. The molecule has 5 nitrogen and oxygen atoms in total. The van der Waals surface area contributed by atoms with Crippen LogP contribution in [0.5, 0.6) is 0 Å². The van der Waals surface area contributed by atoms with Gasteiger partial charge in [0, 0.05) is 20.2 Å². The van der Waals surface area contributed by atoms with Gasteiger partial charge in [-0.25, -0.2) is 0 Å². The summed E-state index contributed by atoms with van der Waals surface area (Å²) in [7, 11) is 1.68. The van der Waals surface area contributed by atoms with Crippen molar-refractivity contribution in [3.05, 3.63) is 35.4 Å². The van der Waals surface area contributed by atoms with Crippen LogP contribution in [0.2, 0.25) is 0 Å². The van der Waals surface area contributed by atoms with Gasteiger partial charge in [0.05, 0.1) is 12.0 Å². The number of methoxy groups -OCH3 is 1. The van der Waals surface area contributed by atoms with Crippen molar-refractivity contribution in [1.29, 1.82) is 0 Å². The molecule has 2 N–H and O–H groups in total. The SMILES string of the molecule is COCC1(C(=O)NCc2ccc(CN3CCCCCC3)cc2)CCNCC1.Cl.Cl. The molecule has 2 aliphatic heterocycles. The normalized spacial score (nSPS) is 19.3. The Labute approximate surface area is 188 Å². The van der Waals surface area contributed by atoms with E-state index in [9.17, 15) is 4.79 Å². The second-order valence-electron chi connectivity index (χ2n) is 8.15. The van der Waals surface area contributed by atoms with E-state index in [2.05, 4.69) is 39.8 Å². The topological polar surface area (TPSA) is 53.6 Å². The Kier molecular flexibility index (Phi) is 12.1. The molecule has 1 amide bonds. The van der Waals surface area contributed by atoms with E-state index in [1.807, 2.05) is 0 Å². The van der Waals surface area contributed by atoms with E-state index < -0.39 is 0 Å². The van der Waals surface area contributed by atoms with Crippen molar-refractivity contribution in [2.75, 3.05) is 39.9 Å². The Morgan fingerprint density at radius 1 is 1.03 bits per heavy atom. The van der Waals surface area contributed by atoms with Crippen LogP contribution in [0.4, 0.5) is 0 Å².